The predicted octanol–water partition coefficient (Wildman–Crippen LogP) is 2.65. The Morgan fingerprint density at radius 3 is 2.69 bits per heavy atom. The van der Waals surface area contributed by atoms with Gasteiger partial charge in [0.05, 0.1) is 16.8 Å². The molecule has 0 saturated carbocycles. The number of hydrogen-bond acceptors (Lipinski definition) is 7. The number of nitrogens with zero attached hydrogens (tertiary/aromatic N) is 3. The van der Waals surface area contributed by atoms with E-state index < -0.39 is 10.0 Å². The lowest BCUT2D eigenvalue weighted by Gasteiger charge is -2.29. The Balaban J connectivity index is 1.38. The number of ether oxygens (including phenoxy) is 2. The SMILES string of the molecule is C#CCn1c(=NC(=O)C2CCN(S(=O)(=O)c3cccs3)CC2)sc2cc3c(cc21)OCO3. The van der Waals surface area contributed by atoms with Gasteiger partial charge in [-0.05, 0) is 24.3 Å². The minimum absolute atomic E-state index is 0.179. The van der Waals surface area contributed by atoms with Gasteiger partial charge in [-0.3, -0.25) is 4.79 Å². The molecule has 1 amide bonds. The molecule has 4 heterocycles. The van der Waals surface area contributed by atoms with Gasteiger partial charge in [0.15, 0.2) is 16.3 Å². The number of rotatable bonds is 4. The zero-order valence-corrected chi connectivity index (χ0v) is 19.3. The summed E-state index contributed by atoms with van der Waals surface area (Å²) in [5.74, 6) is 3.32. The summed E-state index contributed by atoms with van der Waals surface area (Å²) in [5.41, 5.74) is 0.834. The highest BCUT2D eigenvalue weighted by atomic mass is 32.2. The lowest BCUT2D eigenvalue weighted by atomic mass is 9.98. The van der Waals surface area contributed by atoms with Crippen LogP contribution in [-0.2, 0) is 21.4 Å². The first-order chi connectivity index (χ1) is 15.5. The van der Waals surface area contributed by atoms with Crippen LogP contribution in [-0.4, -0.2) is 43.1 Å². The highest BCUT2D eigenvalue weighted by Crippen LogP contribution is 2.37. The first-order valence-electron chi connectivity index (χ1n) is 9.96. The van der Waals surface area contributed by atoms with E-state index in [2.05, 4.69) is 10.9 Å². The number of benzene rings is 1. The third kappa shape index (κ3) is 3.73. The van der Waals surface area contributed by atoms with E-state index in [0.717, 1.165) is 10.2 Å². The molecule has 5 rings (SSSR count). The molecule has 32 heavy (non-hydrogen) atoms. The third-order valence-electron chi connectivity index (χ3n) is 5.52. The fraction of sp³-hybridized carbons (Fsp3) is 0.333. The van der Waals surface area contributed by atoms with E-state index in [9.17, 15) is 13.2 Å². The minimum atomic E-state index is -3.50. The second kappa shape index (κ2) is 8.37. The molecule has 0 N–H and O–H groups in total. The average molecular weight is 490 g/mol. The molecule has 0 atom stereocenters. The summed E-state index contributed by atoms with van der Waals surface area (Å²) in [6.07, 6.45) is 6.42. The van der Waals surface area contributed by atoms with Crippen LogP contribution >= 0.6 is 22.7 Å². The van der Waals surface area contributed by atoms with Crippen molar-refractivity contribution in [2.45, 2.75) is 23.6 Å². The van der Waals surface area contributed by atoms with Crippen molar-refractivity contribution in [2.75, 3.05) is 19.9 Å². The Bertz CT molecular complexity index is 1390. The maximum atomic E-state index is 12.9. The summed E-state index contributed by atoms with van der Waals surface area (Å²) in [4.78, 5) is 17.8. The lowest BCUT2D eigenvalue weighted by molar-refractivity contribution is -0.122. The molecule has 0 spiro atoms. The monoisotopic (exact) mass is 489 g/mol. The Morgan fingerprint density at radius 2 is 2.00 bits per heavy atom. The van der Waals surface area contributed by atoms with Gasteiger partial charge in [0.1, 0.15) is 4.21 Å². The summed E-state index contributed by atoms with van der Waals surface area (Å²) >= 11 is 2.56. The molecule has 1 aromatic carbocycles. The van der Waals surface area contributed by atoms with Gasteiger partial charge in [-0.25, -0.2) is 8.42 Å². The van der Waals surface area contributed by atoms with E-state index in [4.69, 9.17) is 15.9 Å². The van der Waals surface area contributed by atoms with Gasteiger partial charge in [-0.15, -0.1) is 17.8 Å². The normalized spacial score (nSPS) is 17.7. The number of fused-ring (bicyclic) bond motifs is 2. The van der Waals surface area contributed by atoms with Crippen molar-refractivity contribution >= 4 is 48.8 Å². The highest BCUT2D eigenvalue weighted by Gasteiger charge is 2.32. The van der Waals surface area contributed by atoms with Crippen LogP contribution in [0.5, 0.6) is 11.5 Å². The number of aromatic nitrogens is 1. The lowest BCUT2D eigenvalue weighted by Crippen LogP contribution is -2.40. The van der Waals surface area contributed by atoms with Crippen LogP contribution in [0, 0.1) is 18.3 Å². The van der Waals surface area contributed by atoms with Crippen LogP contribution in [0.15, 0.2) is 38.8 Å². The van der Waals surface area contributed by atoms with Crippen LogP contribution in [0.1, 0.15) is 12.8 Å². The molecule has 1 saturated heterocycles. The fourth-order valence-corrected chi connectivity index (χ4v) is 7.51. The molecule has 2 aliphatic heterocycles. The molecule has 166 valence electrons. The number of piperidine rings is 1. The molecule has 3 aromatic rings. The Morgan fingerprint density at radius 1 is 1.25 bits per heavy atom. The van der Waals surface area contributed by atoms with E-state index in [-0.39, 0.29) is 25.2 Å². The fourth-order valence-electron chi connectivity index (χ4n) is 3.86. The van der Waals surface area contributed by atoms with Crippen LogP contribution in [0.2, 0.25) is 0 Å². The number of thiophene rings is 1. The summed E-state index contributed by atoms with van der Waals surface area (Å²) in [6.45, 7) is 1.04. The van der Waals surface area contributed by atoms with Crippen molar-refractivity contribution in [2.24, 2.45) is 10.9 Å². The van der Waals surface area contributed by atoms with Gasteiger partial charge in [-0.2, -0.15) is 9.30 Å². The standard InChI is InChI=1S/C21H19N3O5S3/c1-2-7-24-15-11-16-17(29-13-28-16)12-18(15)31-21(24)22-20(25)14-5-8-23(9-6-14)32(26,27)19-4-3-10-30-19/h1,3-4,10-12,14H,5-9,13H2. The molecule has 11 heteroatoms. The second-order valence-electron chi connectivity index (χ2n) is 7.41. The first kappa shape index (κ1) is 21.2. The van der Waals surface area contributed by atoms with E-state index in [1.54, 1.807) is 17.5 Å². The van der Waals surface area contributed by atoms with Gasteiger partial charge in [0, 0.05) is 31.1 Å². The van der Waals surface area contributed by atoms with E-state index in [0.29, 0.717) is 46.4 Å². The van der Waals surface area contributed by atoms with Crippen molar-refractivity contribution in [3.8, 4) is 23.8 Å². The summed E-state index contributed by atoms with van der Waals surface area (Å²) in [6, 6.07) is 7.04. The highest BCUT2D eigenvalue weighted by molar-refractivity contribution is 7.91. The van der Waals surface area contributed by atoms with Gasteiger partial charge in [-0.1, -0.05) is 23.3 Å². The predicted molar refractivity (Wildman–Crippen MR) is 121 cm³/mol. The van der Waals surface area contributed by atoms with Crippen molar-refractivity contribution in [1.29, 1.82) is 0 Å². The molecule has 2 aliphatic rings. The van der Waals surface area contributed by atoms with Crippen LogP contribution in [0.3, 0.4) is 0 Å². The van der Waals surface area contributed by atoms with Crippen LogP contribution in [0.25, 0.3) is 10.2 Å². The van der Waals surface area contributed by atoms with E-state index in [1.165, 1.54) is 27.0 Å². The second-order valence-corrected chi connectivity index (χ2v) is 11.5. The van der Waals surface area contributed by atoms with Gasteiger partial charge >= 0.3 is 0 Å². The molecule has 0 radical (unpaired) electrons. The first-order valence-corrected chi connectivity index (χ1v) is 13.1. The Kier molecular flexibility index (Phi) is 5.54. The molecular formula is C21H19N3O5S3. The number of sulfonamides is 1. The maximum absolute atomic E-state index is 12.9. The zero-order valence-electron chi connectivity index (χ0n) is 16.9. The van der Waals surface area contributed by atoms with Crippen LogP contribution < -0.4 is 14.3 Å². The smallest absolute Gasteiger partial charge is 0.252 e. The summed E-state index contributed by atoms with van der Waals surface area (Å²) in [5, 5.41) is 1.74. The van der Waals surface area contributed by atoms with Gasteiger partial charge < -0.3 is 14.0 Å². The number of carbonyl (C=O) groups excluding carboxylic acids is 1. The zero-order chi connectivity index (χ0) is 22.3. The van der Waals surface area contributed by atoms with E-state index in [1.807, 2.05) is 16.7 Å². The van der Waals surface area contributed by atoms with Crippen molar-refractivity contribution in [3.63, 3.8) is 0 Å². The maximum Gasteiger partial charge on any atom is 0.252 e. The molecule has 2 aromatic heterocycles. The quantitative estimate of drug-likeness (QED) is 0.526. The number of amides is 1. The topological polar surface area (TPSA) is 90.2 Å². The molecule has 0 bridgehead atoms. The summed E-state index contributed by atoms with van der Waals surface area (Å²) in [7, 11) is -3.50. The Hall–Kier alpha value is -2.65. The molecule has 0 aliphatic carbocycles. The van der Waals surface area contributed by atoms with Gasteiger partial charge in [0.2, 0.25) is 6.79 Å². The molecule has 0 unspecified atom stereocenters. The number of thiazole rings is 1. The van der Waals surface area contributed by atoms with Crippen LogP contribution in [0.4, 0.5) is 0 Å². The van der Waals surface area contributed by atoms with Crippen molar-refractivity contribution in [3.05, 3.63) is 34.4 Å². The molecule has 1 fully saturated rings. The largest absolute Gasteiger partial charge is 0.454 e. The minimum Gasteiger partial charge on any atom is -0.454 e. The van der Waals surface area contributed by atoms with Gasteiger partial charge in [0.25, 0.3) is 15.9 Å². The number of terminal acetylenes is 1. The van der Waals surface area contributed by atoms with E-state index >= 15 is 0 Å². The number of hydrogen-bond donors (Lipinski definition) is 0. The Labute approximate surface area is 192 Å². The number of carbonyl (C=O) groups is 1. The van der Waals surface area contributed by atoms with Crippen molar-refractivity contribution < 1.29 is 22.7 Å². The van der Waals surface area contributed by atoms with Crippen molar-refractivity contribution in [1.82, 2.24) is 8.87 Å². The molecule has 8 nitrogen and oxygen atoms in total. The third-order valence-corrected chi connectivity index (χ3v) is 9.84. The summed E-state index contributed by atoms with van der Waals surface area (Å²) < 4.78 is 40.8. The average Bonchev–Trinajstić information content (AvgIpc) is 3.54. The molecular weight excluding hydrogens is 470 g/mol.